The highest BCUT2D eigenvalue weighted by Gasteiger charge is 2.37. The Hall–Kier alpha value is -0.710. The molecule has 14 heavy (non-hydrogen) atoms. The van der Waals surface area contributed by atoms with Crippen LogP contribution in [0.15, 0.2) is 0 Å². The van der Waals surface area contributed by atoms with Gasteiger partial charge in [0.05, 0.1) is 0 Å². The van der Waals surface area contributed by atoms with Gasteiger partial charge in [-0.05, 0) is 6.92 Å². The maximum atomic E-state index is 11.5. The minimum absolute atomic E-state index is 0.635. The molecule has 0 saturated heterocycles. The molecule has 0 aliphatic heterocycles. The standard InChI is InChI=1S/C7H13O6P/c1-5(13-6(2)8)7(9)14(10,11-3)12-4/h5H,1-4H3/t5-/m0/s1. The van der Waals surface area contributed by atoms with Gasteiger partial charge in [-0.15, -0.1) is 0 Å². The fourth-order valence-corrected chi connectivity index (χ4v) is 1.78. The van der Waals surface area contributed by atoms with E-state index in [1.165, 1.54) is 6.92 Å². The average Bonchev–Trinajstić information content (AvgIpc) is 2.14. The molecule has 7 heteroatoms. The summed E-state index contributed by atoms with van der Waals surface area (Å²) < 4.78 is 24.9. The van der Waals surface area contributed by atoms with Gasteiger partial charge in [-0.2, -0.15) is 0 Å². The van der Waals surface area contributed by atoms with Crippen LogP contribution in [0.3, 0.4) is 0 Å². The van der Waals surface area contributed by atoms with Crippen molar-refractivity contribution < 1.29 is 27.9 Å². The summed E-state index contributed by atoms with van der Waals surface area (Å²) in [4.78, 5) is 21.9. The van der Waals surface area contributed by atoms with E-state index >= 15 is 0 Å². The van der Waals surface area contributed by atoms with E-state index in [9.17, 15) is 14.2 Å². The Bertz CT molecular complexity index is 265. The SMILES string of the molecule is COP(=O)(OC)C(=O)[C@H](C)OC(C)=O. The number of hydrogen-bond acceptors (Lipinski definition) is 6. The molecule has 0 N–H and O–H groups in total. The minimum atomic E-state index is -3.80. The monoisotopic (exact) mass is 224 g/mol. The third kappa shape index (κ3) is 3.21. The molecule has 0 aliphatic carbocycles. The van der Waals surface area contributed by atoms with Crippen molar-refractivity contribution in [1.82, 2.24) is 0 Å². The molecule has 1 atom stereocenters. The summed E-state index contributed by atoms with van der Waals surface area (Å²) >= 11 is 0. The smallest absolute Gasteiger partial charge is 0.400 e. The third-order valence-corrected chi connectivity index (χ3v) is 3.31. The summed E-state index contributed by atoms with van der Waals surface area (Å²) in [6, 6.07) is 0. The molecule has 6 nitrogen and oxygen atoms in total. The van der Waals surface area contributed by atoms with Gasteiger partial charge < -0.3 is 13.8 Å². The Kier molecular flexibility index (Phi) is 4.97. The first-order valence-electron chi connectivity index (χ1n) is 3.80. The van der Waals surface area contributed by atoms with E-state index in [1.807, 2.05) is 0 Å². The van der Waals surface area contributed by atoms with Crippen LogP contribution in [0.4, 0.5) is 0 Å². The molecule has 0 aliphatic rings. The molecule has 0 amide bonds. The maximum Gasteiger partial charge on any atom is 0.400 e. The quantitative estimate of drug-likeness (QED) is 0.511. The highest BCUT2D eigenvalue weighted by atomic mass is 31.2. The predicted molar refractivity (Wildman–Crippen MR) is 47.9 cm³/mol. The lowest BCUT2D eigenvalue weighted by molar-refractivity contribution is -0.149. The molecule has 82 valence electrons. The fourth-order valence-electron chi connectivity index (χ4n) is 0.776. The van der Waals surface area contributed by atoms with Crippen molar-refractivity contribution in [2.45, 2.75) is 20.0 Å². The van der Waals surface area contributed by atoms with Gasteiger partial charge >= 0.3 is 13.6 Å². The van der Waals surface area contributed by atoms with Crippen LogP contribution < -0.4 is 0 Å². The lowest BCUT2D eigenvalue weighted by Crippen LogP contribution is -2.23. The zero-order valence-corrected chi connectivity index (χ0v) is 9.37. The van der Waals surface area contributed by atoms with E-state index in [0.29, 0.717) is 0 Å². The summed E-state index contributed by atoms with van der Waals surface area (Å²) in [5.41, 5.74) is -0.877. The van der Waals surface area contributed by atoms with Gasteiger partial charge in [0.1, 0.15) is 0 Å². The largest absolute Gasteiger partial charge is 0.454 e. The average molecular weight is 224 g/mol. The van der Waals surface area contributed by atoms with Crippen molar-refractivity contribution >= 4 is 19.1 Å². The molecule has 0 unspecified atom stereocenters. The number of esters is 1. The Morgan fingerprint density at radius 2 is 1.64 bits per heavy atom. The number of ether oxygens (including phenoxy) is 1. The summed E-state index contributed by atoms with van der Waals surface area (Å²) in [6.07, 6.45) is -1.14. The van der Waals surface area contributed by atoms with Gasteiger partial charge in [0.25, 0.3) is 5.52 Å². The summed E-state index contributed by atoms with van der Waals surface area (Å²) in [6.45, 7) is 2.45. The van der Waals surface area contributed by atoms with Gasteiger partial charge in [-0.3, -0.25) is 14.2 Å². The minimum Gasteiger partial charge on any atom is -0.454 e. The van der Waals surface area contributed by atoms with E-state index in [4.69, 9.17) is 0 Å². The molecule has 0 saturated carbocycles. The van der Waals surface area contributed by atoms with Crippen molar-refractivity contribution in [2.24, 2.45) is 0 Å². The lowest BCUT2D eigenvalue weighted by atomic mass is 10.4. The van der Waals surface area contributed by atoms with Crippen molar-refractivity contribution in [3.8, 4) is 0 Å². The third-order valence-electron chi connectivity index (χ3n) is 1.44. The fraction of sp³-hybridized carbons (Fsp3) is 0.714. The van der Waals surface area contributed by atoms with E-state index in [1.54, 1.807) is 0 Å². The first-order chi connectivity index (χ1) is 6.37. The molecule has 0 radical (unpaired) electrons. The van der Waals surface area contributed by atoms with Gasteiger partial charge in [0, 0.05) is 21.1 Å². The maximum absolute atomic E-state index is 11.5. The number of hydrogen-bond donors (Lipinski definition) is 0. The van der Waals surface area contributed by atoms with Crippen LogP contribution in [0.5, 0.6) is 0 Å². The van der Waals surface area contributed by atoms with Crippen LogP contribution in [0.2, 0.25) is 0 Å². The number of carbonyl (C=O) groups excluding carboxylic acids is 2. The molecule has 0 aromatic heterocycles. The van der Waals surface area contributed by atoms with Crippen LogP contribution >= 0.6 is 7.60 Å². The second-order valence-corrected chi connectivity index (χ2v) is 4.62. The van der Waals surface area contributed by atoms with Crippen molar-refractivity contribution in [3.63, 3.8) is 0 Å². The Balaban J connectivity index is 4.60. The zero-order valence-electron chi connectivity index (χ0n) is 8.47. The van der Waals surface area contributed by atoms with Crippen LogP contribution in [-0.2, 0) is 27.9 Å². The molecule has 0 bridgehead atoms. The normalized spacial score (nSPS) is 13.4. The van der Waals surface area contributed by atoms with Crippen LogP contribution in [0.1, 0.15) is 13.8 Å². The van der Waals surface area contributed by atoms with Gasteiger partial charge in [-0.25, -0.2) is 0 Å². The van der Waals surface area contributed by atoms with Gasteiger partial charge in [0.15, 0.2) is 6.10 Å². The van der Waals surface area contributed by atoms with Gasteiger partial charge in [0.2, 0.25) is 0 Å². The Morgan fingerprint density at radius 1 is 1.21 bits per heavy atom. The Labute approximate surface area is 82.1 Å². The summed E-state index contributed by atoms with van der Waals surface area (Å²) in [7, 11) is -1.63. The second-order valence-electron chi connectivity index (χ2n) is 2.45. The first kappa shape index (κ1) is 13.3. The van der Waals surface area contributed by atoms with Crippen LogP contribution in [0, 0.1) is 0 Å². The number of rotatable bonds is 5. The predicted octanol–water partition coefficient (Wildman–Crippen LogP) is 0.950. The lowest BCUT2D eigenvalue weighted by Gasteiger charge is -2.16. The Morgan fingerprint density at radius 3 is 1.93 bits per heavy atom. The van der Waals surface area contributed by atoms with Crippen molar-refractivity contribution in [1.29, 1.82) is 0 Å². The molecule has 0 rings (SSSR count). The molecule has 0 spiro atoms. The van der Waals surface area contributed by atoms with E-state index < -0.39 is 25.2 Å². The molecular formula is C7H13O6P. The van der Waals surface area contributed by atoms with Crippen molar-refractivity contribution in [3.05, 3.63) is 0 Å². The molecular weight excluding hydrogens is 211 g/mol. The van der Waals surface area contributed by atoms with E-state index in [-0.39, 0.29) is 0 Å². The van der Waals surface area contributed by atoms with Crippen LogP contribution in [0.25, 0.3) is 0 Å². The second kappa shape index (κ2) is 5.24. The highest BCUT2D eigenvalue weighted by Crippen LogP contribution is 2.48. The van der Waals surface area contributed by atoms with E-state index in [2.05, 4.69) is 13.8 Å². The van der Waals surface area contributed by atoms with Gasteiger partial charge in [-0.1, -0.05) is 0 Å². The molecule has 0 aromatic rings. The highest BCUT2D eigenvalue weighted by molar-refractivity contribution is 7.72. The first-order valence-corrected chi connectivity index (χ1v) is 5.34. The molecule has 0 fully saturated rings. The number of carbonyl (C=O) groups is 2. The van der Waals surface area contributed by atoms with E-state index in [0.717, 1.165) is 21.1 Å². The zero-order chi connectivity index (χ0) is 11.4. The molecule has 0 aromatic carbocycles. The topological polar surface area (TPSA) is 78.9 Å². The van der Waals surface area contributed by atoms with Crippen LogP contribution in [-0.4, -0.2) is 31.8 Å². The summed E-state index contributed by atoms with van der Waals surface area (Å²) in [5, 5.41) is 0. The van der Waals surface area contributed by atoms with Crippen molar-refractivity contribution in [2.75, 3.05) is 14.2 Å². The summed E-state index contributed by atoms with van der Waals surface area (Å²) in [5.74, 6) is -0.635. The molecule has 0 heterocycles.